The van der Waals surface area contributed by atoms with E-state index in [2.05, 4.69) is 257 Å². The molecule has 68 heavy (non-hydrogen) atoms. The molecule has 4 aliphatic rings. The minimum absolute atomic E-state index is 0.108. The molecule has 0 aliphatic heterocycles. The summed E-state index contributed by atoms with van der Waals surface area (Å²) >= 11 is 0. The molecule has 1 atom stereocenters. The number of benzene rings is 10. The van der Waals surface area contributed by atoms with Crippen LogP contribution in [-0.2, 0) is 16.2 Å². The van der Waals surface area contributed by atoms with Crippen molar-refractivity contribution >= 4 is 17.1 Å². The number of anilines is 3. The van der Waals surface area contributed by atoms with E-state index in [-0.39, 0.29) is 10.8 Å². The maximum Gasteiger partial charge on any atom is 0.0726 e. The van der Waals surface area contributed by atoms with Crippen LogP contribution in [0.4, 0.5) is 17.1 Å². The van der Waals surface area contributed by atoms with E-state index in [0.717, 1.165) is 17.1 Å². The Bertz CT molecular complexity index is 3680. The van der Waals surface area contributed by atoms with Gasteiger partial charge >= 0.3 is 0 Å². The van der Waals surface area contributed by atoms with E-state index in [4.69, 9.17) is 0 Å². The zero-order valence-corrected chi connectivity index (χ0v) is 38.8. The summed E-state index contributed by atoms with van der Waals surface area (Å²) in [7, 11) is 0. The lowest BCUT2D eigenvalue weighted by Crippen LogP contribution is -2.26. The fourth-order valence-corrected chi connectivity index (χ4v) is 13.2. The smallest absolute Gasteiger partial charge is 0.0726 e. The molecule has 1 heteroatoms. The fraction of sp³-hybridized carbons (Fsp3) is 0.104. The largest absolute Gasteiger partial charge is 0.310 e. The molecular weight excluding hydrogens is 819 g/mol. The zero-order chi connectivity index (χ0) is 45.5. The summed E-state index contributed by atoms with van der Waals surface area (Å²) in [6.45, 7) is 9.57. The Morgan fingerprint density at radius 3 is 1.25 bits per heavy atom. The van der Waals surface area contributed by atoms with Gasteiger partial charge in [0.2, 0.25) is 0 Å². The van der Waals surface area contributed by atoms with E-state index >= 15 is 0 Å². The molecule has 0 aromatic heterocycles. The maximum atomic E-state index is 2.55. The summed E-state index contributed by atoms with van der Waals surface area (Å²) in [4.78, 5) is 2.54. The van der Waals surface area contributed by atoms with Gasteiger partial charge in [-0.2, -0.15) is 0 Å². The van der Waals surface area contributed by atoms with E-state index in [0.29, 0.717) is 0 Å². The second-order valence-electron chi connectivity index (χ2n) is 20.4. The maximum absolute atomic E-state index is 2.55. The third-order valence-corrected chi connectivity index (χ3v) is 16.3. The lowest BCUT2D eigenvalue weighted by atomic mass is 9.70. The summed E-state index contributed by atoms with van der Waals surface area (Å²) in [5, 5.41) is 0. The molecule has 14 rings (SSSR count). The van der Waals surface area contributed by atoms with E-state index in [1.807, 2.05) is 0 Å². The van der Waals surface area contributed by atoms with Crippen LogP contribution >= 0.6 is 0 Å². The summed E-state index contributed by atoms with van der Waals surface area (Å²) in [5.74, 6) is 0. The molecule has 0 bridgehead atoms. The number of hydrogen-bond donors (Lipinski definition) is 0. The van der Waals surface area contributed by atoms with Crippen molar-refractivity contribution in [2.75, 3.05) is 4.90 Å². The highest BCUT2D eigenvalue weighted by Crippen LogP contribution is 2.67. The minimum Gasteiger partial charge on any atom is -0.310 e. The number of hydrogen-bond acceptors (Lipinski definition) is 1. The predicted octanol–water partition coefficient (Wildman–Crippen LogP) is 17.4. The Morgan fingerprint density at radius 1 is 0.250 bits per heavy atom. The molecule has 0 heterocycles. The Hall–Kier alpha value is -8.00. The van der Waals surface area contributed by atoms with Gasteiger partial charge in [0.05, 0.1) is 5.41 Å². The van der Waals surface area contributed by atoms with Crippen molar-refractivity contribution < 1.29 is 0 Å². The highest BCUT2D eigenvalue weighted by Gasteiger charge is 2.54. The van der Waals surface area contributed by atoms with Gasteiger partial charge in [-0.25, -0.2) is 0 Å². The summed E-state index contributed by atoms with van der Waals surface area (Å²) < 4.78 is 0. The van der Waals surface area contributed by atoms with Crippen molar-refractivity contribution in [1.82, 2.24) is 0 Å². The number of fused-ring (bicyclic) bond motifs is 17. The van der Waals surface area contributed by atoms with Crippen LogP contribution in [0.25, 0.3) is 66.8 Å². The van der Waals surface area contributed by atoms with Crippen LogP contribution in [0.3, 0.4) is 0 Å². The van der Waals surface area contributed by atoms with Crippen molar-refractivity contribution in [1.29, 1.82) is 0 Å². The van der Waals surface area contributed by atoms with Crippen LogP contribution in [-0.4, -0.2) is 0 Å². The standard InChI is InChI=1S/C67H49N/c1-65(2)56-28-16-13-25-53(56)63-59(65)35-36-60-64(63)54-26-14-18-30-58(54)67(60)57-29-17-12-24-50(57)52-34-32-47(41-62(52)67)68(46-31-33-51-49-23-11-15-27-55(49)66(3,4)61(51)40-46)48-38-44(42-19-7-5-8-20-42)37-45(39-48)43-21-9-6-10-22-43/h5-41H,1-4H3. The Balaban J connectivity index is 1.06. The Kier molecular flexibility index (Phi) is 8.08. The third-order valence-electron chi connectivity index (χ3n) is 16.3. The van der Waals surface area contributed by atoms with Crippen molar-refractivity contribution in [3.63, 3.8) is 0 Å². The second kappa shape index (κ2) is 14.0. The molecule has 0 amide bonds. The molecule has 322 valence electrons. The van der Waals surface area contributed by atoms with Gasteiger partial charge in [0.15, 0.2) is 0 Å². The number of rotatable bonds is 5. The number of nitrogens with zero attached hydrogens (tertiary/aromatic N) is 1. The van der Waals surface area contributed by atoms with Gasteiger partial charge in [-0.1, -0.05) is 210 Å². The van der Waals surface area contributed by atoms with Crippen LogP contribution in [0.5, 0.6) is 0 Å². The van der Waals surface area contributed by atoms with Gasteiger partial charge in [-0.05, 0) is 154 Å². The van der Waals surface area contributed by atoms with Gasteiger partial charge in [0.1, 0.15) is 0 Å². The first-order valence-electron chi connectivity index (χ1n) is 24.2. The summed E-state index contributed by atoms with van der Waals surface area (Å²) in [6, 6.07) is 85.0. The van der Waals surface area contributed by atoms with Crippen LogP contribution in [0.15, 0.2) is 224 Å². The van der Waals surface area contributed by atoms with Crippen molar-refractivity contribution in [3.05, 3.63) is 269 Å². The van der Waals surface area contributed by atoms with Crippen molar-refractivity contribution in [3.8, 4) is 66.8 Å². The first-order chi connectivity index (χ1) is 33.2. The Morgan fingerprint density at radius 2 is 0.647 bits per heavy atom. The first-order valence-corrected chi connectivity index (χ1v) is 24.2. The quantitative estimate of drug-likeness (QED) is 0.167. The topological polar surface area (TPSA) is 3.24 Å². The highest BCUT2D eigenvalue weighted by molar-refractivity contribution is 6.03. The van der Waals surface area contributed by atoms with E-state index in [1.54, 1.807) is 0 Å². The van der Waals surface area contributed by atoms with Gasteiger partial charge in [0, 0.05) is 27.9 Å². The lowest BCUT2D eigenvalue weighted by molar-refractivity contribution is 0.660. The molecule has 0 saturated carbocycles. The minimum atomic E-state index is -0.529. The molecule has 0 N–H and O–H groups in total. The average molecular weight is 868 g/mol. The SMILES string of the molecule is CC1(C)c2ccccc2-c2ccc(N(c3cc(-c4ccccc4)cc(-c4ccccc4)c3)c3ccc4c(c3)C3(c5ccccc5-4)c4ccccc4-c4c3ccc3c4-c4ccccc4C3(C)C)cc21. The fourth-order valence-electron chi connectivity index (χ4n) is 13.2. The van der Waals surface area contributed by atoms with Crippen LogP contribution in [0.1, 0.15) is 72.2 Å². The zero-order valence-electron chi connectivity index (χ0n) is 38.8. The molecule has 1 unspecified atom stereocenters. The summed E-state index contributed by atoms with van der Waals surface area (Å²) in [5.41, 5.74) is 29.0. The van der Waals surface area contributed by atoms with E-state index < -0.39 is 5.41 Å². The monoisotopic (exact) mass is 867 g/mol. The van der Waals surface area contributed by atoms with E-state index in [9.17, 15) is 0 Å². The summed E-state index contributed by atoms with van der Waals surface area (Å²) in [6.07, 6.45) is 0. The van der Waals surface area contributed by atoms with Crippen molar-refractivity contribution in [2.45, 2.75) is 43.9 Å². The van der Waals surface area contributed by atoms with Gasteiger partial charge in [0.25, 0.3) is 0 Å². The van der Waals surface area contributed by atoms with Gasteiger partial charge in [-0.15, -0.1) is 0 Å². The molecule has 4 aliphatic carbocycles. The van der Waals surface area contributed by atoms with Crippen molar-refractivity contribution in [2.24, 2.45) is 0 Å². The van der Waals surface area contributed by atoms with E-state index in [1.165, 1.54) is 111 Å². The second-order valence-corrected chi connectivity index (χ2v) is 20.4. The highest BCUT2D eigenvalue weighted by atomic mass is 15.1. The molecule has 0 fully saturated rings. The molecule has 10 aromatic rings. The average Bonchev–Trinajstić information content (AvgIpc) is 4.02. The molecule has 0 saturated heterocycles. The van der Waals surface area contributed by atoms with Crippen LogP contribution in [0, 0.1) is 0 Å². The lowest BCUT2D eigenvalue weighted by Gasteiger charge is -2.33. The predicted molar refractivity (Wildman–Crippen MR) is 283 cm³/mol. The third kappa shape index (κ3) is 5.17. The first kappa shape index (κ1) is 39.2. The molecule has 1 spiro atoms. The Labute approximate surface area is 399 Å². The molecular formula is C67H49N. The molecule has 10 aromatic carbocycles. The molecule has 1 nitrogen and oxygen atoms in total. The normalized spacial score (nSPS) is 16.5. The van der Waals surface area contributed by atoms with Gasteiger partial charge in [-0.3, -0.25) is 0 Å². The van der Waals surface area contributed by atoms with Crippen LogP contribution < -0.4 is 4.90 Å². The molecule has 0 radical (unpaired) electrons. The van der Waals surface area contributed by atoms with Crippen LogP contribution in [0.2, 0.25) is 0 Å². The van der Waals surface area contributed by atoms with Gasteiger partial charge < -0.3 is 4.90 Å².